The number of aromatic nitrogens is 1. The van der Waals surface area contributed by atoms with Gasteiger partial charge in [-0.15, -0.1) is 11.3 Å². The SMILES string of the molecule is c1ccc2c(c1)cc(-c1ccc(-c3ccc4c(c3)c3cc(-c5ccc(-c6cc7ccccc7c7ccccc67)cc5)ccc3n4-c3ccc4c(c3)[SiH2]c3cc(-c5ccc6sc7ccccc7c6c5)ccc3-4)cc1)c1ccccc12. The van der Waals surface area contributed by atoms with E-state index < -0.39 is 9.52 Å². The molecule has 3 heterocycles. The second kappa shape index (κ2) is 17.4. The van der Waals surface area contributed by atoms with Crippen LogP contribution in [-0.2, 0) is 0 Å². The summed E-state index contributed by atoms with van der Waals surface area (Å²) in [7, 11) is -0.748. The predicted octanol–water partition coefficient (Wildman–Crippen LogP) is 19.2. The molecule has 0 fully saturated rings. The predicted molar refractivity (Wildman–Crippen MR) is 344 cm³/mol. The number of hydrogen-bond acceptors (Lipinski definition) is 1. The van der Waals surface area contributed by atoms with Gasteiger partial charge in [0.1, 0.15) is 0 Å². The maximum absolute atomic E-state index is 2.52. The van der Waals surface area contributed by atoms with Crippen LogP contribution in [0.1, 0.15) is 0 Å². The van der Waals surface area contributed by atoms with Gasteiger partial charge in [-0.25, -0.2) is 0 Å². The molecular formula is C76H47NSSi. The molecule has 1 aliphatic heterocycles. The summed E-state index contributed by atoms with van der Waals surface area (Å²) in [5, 5.41) is 18.5. The van der Waals surface area contributed by atoms with Crippen LogP contribution in [0.15, 0.2) is 273 Å². The van der Waals surface area contributed by atoms with Gasteiger partial charge in [0, 0.05) is 36.6 Å². The zero-order chi connectivity index (χ0) is 51.7. The van der Waals surface area contributed by atoms with E-state index in [1.807, 2.05) is 11.3 Å². The van der Waals surface area contributed by atoms with Gasteiger partial charge in [-0.05, 0) is 177 Å². The van der Waals surface area contributed by atoms with Gasteiger partial charge in [-0.2, -0.15) is 0 Å². The van der Waals surface area contributed by atoms with Crippen molar-refractivity contribution in [2.45, 2.75) is 0 Å². The van der Waals surface area contributed by atoms with E-state index in [0.717, 1.165) is 0 Å². The van der Waals surface area contributed by atoms with Crippen molar-refractivity contribution in [3.05, 3.63) is 273 Å². The minimum atomic E-state index is -0.748. The van der Waals surface area contributed by atoms with E-state index in [1.54, 1.807) is 0 Å². The number of rotatable bonds is 6. The van der Waals surface area contributed by atoms with Crippen molar-refractivity contribution >= 4 is 116 Å². The summed E-state index contributed by atoms with van der Waals surface area (Å²) in [4.78, 5) is 0. The quantitative estimate of drug-likeness (QED) is 0.116. The molecule has 0 spiro atoms. The lowest BCUT2D eigenvalue weighted by atomic mass is 9.92. The average molecular weight is 1030 g/mol. The van der Waals surface area contributed by atoms with E-state index >= 15 is 0 Å². The number of thiophene rings is 1. The Labute approximate surface area is 463 Å². The van der Waals surface area contributed by atoms with E-state index in [4.69, 9.17) is 0 Å². The lowest BCUT2D eigenvalue weighted by Gasteiger charge is -2.12. The molecule has 0 bridgehead atoms. The topological polar surface area (TPSA) is 4.93 Å². The first-order valence-electron chi connectivity index (χ1n) is 27.4. The van der Waals surface area contributed by atoms with Crippen molar-refractivity contribution < 1.29 is 0 Å². The highest BCUT2D eigenvalue weighted by Crippen LogP contribution is 2.42. The Morgan fingerprint density at radius 3 is 1.24 bits per heavy atom. The van der Waals surface area contributed by atoms with E-state index in [-0.39, 0.29) is 0 Å². The molecule has 0 atom stereocenters. The molecule has 0 saturated heterocycles. The molecule has 3 heteroatoms. The third kappa shape index (κ3) is 7.07. The van der Waals surface area contributed by atoms with Crippen molar-refractivity contribution in [1.82, 2.24) is 4.57 Å². The molecule has 0 amide bonds. The fraction of sp³-hybridized carbons (Fsp3) is 0. The molecule has 16 aromatic rings. The first-order chi connectivity index (χ1) is 39.1. The van der Waals surface area contributed by atoms with Gasteiger partial charge in [0.2, 0.25) is 0 Å². The van der Waals surface area contributed by atoms with Crippen LogP contribution >= 0.6 is 11.3 Å². The largest absolute Gasteiger partial charge is 0.309 e. The average Bonchev–Trinajstić information content (AvgIpc) is 4.29. The first-order valence-corrected chi connectivity index (χ1v) is 29.6. The zero-order valence-corrected chi connectivity index (χ0v) is 45.3. The second-order valence-corrected chi connectivity index (χ2v) is 24.5. The van der Waals surface area contributed by atoms with E-state index in [9.17, 15) is 0 Å². The van der Waals surface area contributed by atoms with Crippen LogP contribution in [0.2, 0.25) is 0 Å². The molecule has 17 rings (SSSR count). The highest BCUT2D eigenvalue weighted by atomic mass is 32.1. The standard InChI is InChI=1S/C76H47NSSi/c1-3-13-57-54(11-1)42-66(61-17-7-5-15-59(57)61)48-25-21-46(22-26-48)50-30-36-71-68(39-50)69-40-51(47-23-27-49(28-24-47)67-43-55-12-2-4-14-58(55)60-16-6-8-18-62(60)67)31-37-72(69)77(71)56-33-35-65-64-34-29-53(44-75(64)79-76(65)45-56)52-32-38-74-70(41-52)63-19-9-10-20-73(63)78-74/h1-45H,79H2. The monoisotopic (exact) mass is 1030 g/mol. The number of fused-ring (bicyclic) bond motifs is 15. The Hall–Kier alpha value is -9.64. The zero-order valence-electron chi connectivity index (χ0n) is 43.0. The van der Waals surface area contributed by atoms with Crippen molar-refractivity contribution in [1.29, 1.82) is 0 Å². The summed E-state index contributed by atoms with van der Waals surface area (Å²) in [5.74, 6) is 0. The Kier molecular flexibility index (Phi) is 9.82. The van der Waals surface area contributed by atoms with Gasteiger partial charge in [0.15, 0.2) is 0 Å². The Morgan fingerprint density at radius 1 is 0.241 bits per heavy atom. The summed E-state index contributed by atoms with van der Waals surface area (Å²) < 4.78 is 5.21. The first kappa shape index (κ1) is 44.5. The molecule has 0 radical (unpaired) electrons. The summed E-state index contributed by atoms with van der Waals surface area (Å²) in [6, 6.07) is 103. The van der Waals surface area contributed by atoms with Crippen LogP contribution in [0.3, 0.4) is 0 Å². The van der Waals surface area contributed by atoms with Crippen LogP contribution in [0.5, 0.6) is 0 Å². The maximum Gasteiger partial charge on any atom is 0.0892 e. The minimum absolute atomic E-state index is 0.748. The molecule has 0 N–H and O–H groups in total. The lowest BCUT2D eigenvalue weighted by Crippen LogP contribution is -2.21. The molecule has 0 saturated carbocycles. The fourth-order valence-electron chi connectivity index (χ4n) is 13.4. The van der Waals surface area contributed by atoms with Gasteiger partial charge in [-0.3, -0.25) is 0 Å². The van der Waals surface area contributed by atoms with Crippen LogP contribution < -0.4 is 10.4 Å². The third-order valence-electron chi connectivity index (χ3n) is 17.2. The van der Waals surface area contributed by atoms with Crippen molar-refractivity contribution in [2.24, 2.45) is 0 Å². The summed E-state index contributed by atoms with van der Waals surface area (Å²) in [6.07, 6.45) is 0. The van der Waals surface area contributed by atoms with Crippen LogP contribution in [0, 0.1) is 0 Å². The molecule has 1 aliphatic rings. The van der Waals surface area contributed by atoms with Crippen LogP contribution in [0.4, 0.5) is 0 Å². The van der Waals surface area contributed by atoms with Crippen LogP contribution in [-0.4, -0.2) is 14.1 Å². The Balaban J connectivity index is 0.766. The number of hydrogen-bond donors (Lipinski definition) is 0. The van der Waals surface area contributed by atoms with Crippen LogP contribution in [0.25, 0.3) is 158 Å². The molecule has 366 valence electrons. The van der Waals surface area contributed by atoms with Crippen molar-refractivity contribution in [3.8, 4) is 72.4 Å². The minimum Gasteiger partial charge on any atom is -0.309 e. The summed E-state index contributed by atoms with van der Waals surface area (Å²) in [5.41, 5.74) is 18.8. The highest BCUT2D eigenvalue weighted by Gasteiger charge is 2.23. The van der Waals surface area contributed by atoms with E-state index in [1.165, 1.54) is 168 Å². The Bertz CT molecular complexity index is 4990. The molecule has 0 aliphatic carbocycles. The van der Waals surface area contributed by atoms with Gasteiger partial charge in [0.25, 0.3) is 0 Å². The summed E-state index contributed by atoms with van der Waals surface area (Å²) in [6.45, 7) is 0. The third-order valence-corrected chi connectivity index (χ3v) is 20.3. The lowest BCUT2D eigenvalue weighted by molar-refractivity contribution is 1.18. The normalized spacial score (nSPS) is 12.6. The summed E-state index contributed by atoms with van der Waals surface area (Å²) >= 11 is 1.88. The second-order valence-electron chi connectivity index (χ2n) is 21.5. The molecule has 1 nitrogen and oxygen atoms in total. The molecule has 14 aromatic carbocycles. The maximum atomic E-state index is 2.52. The van der Waals surface area contributed by atoms with Gasteiger partial charge in [-0.1, -0.05) is 217 Å². The molecule has 79 heavy (non-hydrogen) atoms. The number of nitrogens with zero attached hydrogens (tertiary/aromatic N) is 1. The number of benzene rings is 14. The molecular weight excluding hydrogens is 987 g/mol. The molecule has 2 aromatic heterocycles. The molecule has 0 unspecified atom stereocenters. The fourth-order valence-corrected chi connectivity index (χ4v) is 16.5. The van der Waals surface area contributed by atoms with Crippen molar-refractivity contribution in [3.63, 3.8) is 0 Å². The van der Waals surface area contributed by atoms with E-state index in [2.05, 4.69) is 278 Å². The Morgan fingerprint density at radius 2 is 0.646 bits per heavy atom. The highest BCUT2D eigenvalue weighted by molar-refractivity contribution is 7.25. The van der Waals surface area contributed by atoms with Crippen molar-refractivity contribution in [2.75, 3.05) is 0 Å². The van der Waals surface area contributed by atoms with Gasteiger partial charge < -0.3 is 4.57 Å². The smallest absolute Gasteiger partial charge is 0.0892 e. The van der Waals surface area contributed by atoms with E-state index in [0.29, 0.717) is 0 Å². The van der Waals surface area contributed by atoms with Gasteiger partial charge in [0.05, 0.1) is 20.6 Å². The van der Waals surface area contributed by atoms with Gasteiger partial charge >= 0.3 is 0 Å².